The Bertz CT molecular complexity index is 3600. The number of pyridine rings is 1. The quantitative estimate of drug-likeness (QED) is 0.143. The number of nitrogens with zero attached hydrogens (tertiary/aromatic N) is 4. The van der Waals surface area contributed by atoms with Crippen LogP contribution >= 0.6 is 0 Å². The SMILES string of the molecule is c1ccc(-c2ccc(-c3nc(-c4ccc(-c5ccccc5)cc4)nc(-c4ccc(-c5ccc(-c6cccc(-c7nc8c9ccccc9ccc8c8ccccc78)c6)cc5)cc4)n3)cc2)cc1. The highest BCUT2D eigenvalue weighted by Crippen LogP contribution is 2.37. The van der Waals surface area contributed by atoms with Crippen molar-refractivity contribution in [1.82, 2.24) is 19.9 Å². The molecular weight excluding hydrogens is 801 g/mol. The van der Waals surface area contributed by atoms with E-state index in [-0.39, 0.29) is 0 Å². The van der Waals surface area contributed by atoms with Crippen molar-refractivity contribution < 1.29 is 0 Å². The second kappa shape index (κ2) is 16.7. The molecule has 66 heavy (non-hydrogen) atoms. The smallest absolute Gasteiger partial charge is 0.164 e. The number of benzene rings is 10. The van der Waals surface area contributed by atoms with Crippen LogP contribution in [0.15, 0.2) is 243 Å². The third-order valence-electron chi connectivity index (χ3n) is 12.6. The number of rotatable bonds is 8. The summed E-state index contributed by atoms with van der Waals surface area (Å²) < 4.78 is 0. The van der Waals surface area contributed by atoms with Crippen LogP contribution in [0.1, 0.15) is 0 Å². The molecule has 0 spiro atoms. The molecule has 0 atom stereocenters. The summed E-state index contributed by atoms with van der Waals surface area (Å²) >= 11 is 0. The second-order valence-corrected chi connectivity index (χ2v) is 16.6. The van der Waals surface area contributed by atoms with Crippen LogP contribution in [0.5, 0.6) is 0 Å². The summed E-state index contributed by atoms with van der Waals surface area (Å²) in [4.78, 5) is 20.5. The van der Waals surface area contributed by atoms with Gasteiger partial charge in [-0.25, -0.2) is 19.9 Å². The summed E-state index contributed by atoms with van der Waals surface area (Å²) in [6.45, 7) is 0. The van der Waals surface area contributed by atoms with Crippen LogP contribution in [0.4, 0.5) is 0 Å². The van der Waals surface area contributed by atoms with Gasteiger partial charge in [-0.3, -0.25) is 0 Å². The molecule has 4 nitrogen and oxygen atoms in total. The van der Waals surface area contributed by atoms with Gasteiger partial charge in [-0.15, -0.1) is 0 Å². The Labute approximate surface area is 383 Å². The molecule has 0 bridgehead atoms. The van der Waals surface area contributed by atoms with Crippen molar-refractivity contribution in [1.29, 1.82) is 0 Å². The lowest BCUT2D eigenvalue weighted by atomic mass is 9.95. The summed E-state index contributed by atoms with van der Waals surface area (Å²) in [6, 6.07) is 85.3. The zero-order chi connectivity index (χ0) is 43.8. The fraction of sp³-hybridized carbons (Fsp3) is 0. The molecule has 0 unspecified atom stereocenters. The average molecular weight is 841 g/mol. The van der Waals surface area contributed by atoms with E-state index in [1.54, 1.807) is 0 Å². The second-order valence-electron chi connectivity index (χ2n) is 16.6. The van der Waals surface area contributed by atoms with Crippen LogP contribution in [0.3, 0.4) is 0 Å². The van der Waals surface area contributed by atoms with Crippen LogP contribution in [-0.2, 0) is 0 Å². The van der Waals surface area contributed by atoms with Gasteiger partial charge in [-0.05, 0) is 61.3 Å². The van der Waals surface area contributed by atoms with Crippen molar-refractivity contribution in [2.24, 2.45) is 0 Å². The van der Waals surface area contributed by atoms with Crippen molar-refractivity contribution in [2.75, 3.05) is 0 Å². The predicted octanol–water partition coefficient (Wildman–Crippen LogP) is 16.1. The van der Waals surface area contributed by atoms with Gasteiger partial charge in [-0.2, -0.15) is 0 Å². The van der Waals surface area contributed by atoms with Crippen molar-refractivity contribution in [3.8, 4) is 89.9 Å². The Kier molecular flexibility index (Phi) is 9.81. The van der Waals surface area contributed by atoms with Crippen LogP contribution in [0.2, 0.25) is 0 Å². The first kappa shape index (κ1) is 38.8. The topological polar surface area (TPSA) is 51.6 Å². The molecule has 0 aliphatic rings. The van der Waals surface area contributed by atoms with Crippen molar-refractivity contribution in [3.05, 3.63) is 243 Å². The summed E-state index contributed by atoms with van der Waals surface area (Å²) in [6.07, 6.45) is 0. The molecule has 0 aliphatic heterocycles. The molecule has 12 rings (SSSR count). The maximum Gasteiger partial charge on any atom is 0.164 e. The molecule has 4 heteroatoms. The van der Waals surface area contributed by atoms with E-state index in [2.05, 4.69) is 231 Å². The van der Waals surface area contributed by atoms with E-state index >= 15 is 0 Å². The summed E-state index contributed by atoms with van der Waals surface area (Å²) in [7, 11) is 0. The number of hydrogen-bond acceptors (Lipinski definition) is 4. The van der Waals surface area contributed by atoms with Crippen molar-refractivity contribution >= 4 is 32.4 Å². The Morgan fingerprint density at radius 1 is 0.197 bits per heavy atom. The normalized spacial score (nSPS) is 11.3. The van der Waals surface area contributed by atoms with E-state index in [1.807, 2.05) is 12.1 Å². The first-order valence-corrected chi connectivity index (χ1v) is 22.3. The fourth-order valence-corrected chi connectivity index (χ4v) is 9.07. The lowest BCUT2D eigenvalue weighted by molar-refractivity contribution is 1.07. The van der Waals surface area contributed by atoms with Gasteiger partial charge in [0, 0.05) is 38.4 Å². The van der Waals surface area contributed by atoms with Crippen LogP contribution in [0, 0.1) is 0 Å². The zero-order valence-corrected chi connectivity index (χ0v) is 35.9. The van der Waals surface area contributed by atoms with Gasteiger partial charge in [0.25, 0.3) is 0 Å². The van der Waals surface area contributed by atoms with Crippen LogP contribution < -0.4 is 0 Å². The van der Waals surface area contributed by atoms with Gasteiger partial charge in [0.15, 0.2) is 17.5 Å². The highest BCUT2D eigenvalue weighted by atomic mass is 15.0. The molecule has 0 aliphatic carbocycles. The van der Waals surface area contributed by atoms with Gasteiger partial charge < -0.3 is 0 Å². The Morgan fingerprint density at radius 2 is 0.561 bits per heavy atom. The Hall–Kier alpha value is -8.86. The van der Waals surface area contributed by atoms with Crippen LogP contribution in [0.25, 0.3) is 122 Å². The summed E-state index contributed by atoms with van der Waals surface area (Å²) in [5.41, 5.74) is 15.0. The zero-order valence-electron chi connectivity index (χ0n) is 35.9. The number of aromatic nitrogens is 4. The molecule has 2 aromatic heterocycles. The molecule has 2 heterocycles. The third kappa shape index (κ3) is 7.36. The van der Waals surface area contributed by atoms with E-state index in [4.69, 9.17) is 19.9 Å². The Balaban J connectivity index is 0.853. The highest BCUT2D eigenvalue weighted by molar-refractivity contribution is 6.18. The molecule has 308 valence electrons. The Morgan fingerprint density at radius 3 is 1.06 bits per heavy atom. The minimum Gasteiger partial charge on any atom is -0.246 e. The minimum atomic E-state index is 0.623. The first-order valence-electron chi connectivity index (χ1n) is 22.3. The highest BCUT2D eigenvalue weighted by Gasteiger charge is 2.16. The fourth-order valence-electron chi connectivity index (χ4n) is 9.07. The largest absolute Gasteiger partial charge is 0.246 e. The molecule has 0 amide bonds. The standard InChI is InChI=1S/C62H40N4/c1-3-12-41(13-4-1)43-26-32-49(33-27-43)60-64-61(50-34-28-44(29-35-50)42-14-5-2-6-15-42)66-62(65-60)51-36-30-46(31-37-51)45-22-24-47(25-23-45)52-17-11-18-53(40-52)58-56-21-10-9-20-55(56)57-39-38-48-16-7-8-19-54(48)59(57)63-58/h1-40H. The van der Waals surface area contributed by atoms with Gasteiger partial charge in [0.1, 0.15) is 0 Å². The monoisotopic (exact) mass is 840 g/mol. The van der Waals surface area contributed by atoms with Crippen molar-refractivity contribution in [2.45, 2.75) is 0 Å². The maximum absolute atomic E-state index is 5.37. The summed E-state index contributed by atoms with van der Waals surface area (Å²) in [5, 5.41) is 5.89. The van der Waals surface area contributed by atoms with Gasteiger partial charge in [0.05, 0.1) is 11.2 Å². The van der Waals surface area contributed by atoms with Crippen LogP contribution in [-0.4, -0.2) is 19.9 Å². The van der Waals surface area contributed by atoms with Gasteiger partial charge >= 0.3 is 0 Å². The predicted molar refractivity (Wildman–Crippen MR) is 274 cm³/mol. The molecule has 12 aromatic rings. The maximum atomic E-state index is 5.37. The molecule has 0 fully saturated rings. The lowest BCUT2D eigenvalue weighted by Gasteiger charge is -2.13. The van der Waals surface area contributed by atoms with E-state index in [1.165, 1.54) is 32.7 Å². The van der Waals surface area contributed by atoms with E-state index in [9.17, 15) is 0 Å². The minimum absolute atomic E-state index is 0.623. The lowest BCUT2D eigenvalue weighted by Crippen LogP contribution is -2.00. The molecular formula is C62H40N4. The molecule has 0 saturated heterocycles. The van der Waals surface area contributed by atoms with Gasteiger partial charge in [-0.1, -0.05) is 237 Å². The molecule has 0 saturated carbocycles. The number of hydrogen-bond donors (Lipinski definition) is 0. The summed E-state index contributed by atoms with van der Waals surface area (Å²) in [5.74, 6) is 1.88. The first-order chi connectivity index (χ1) is 32.7. The average Bonchev–Trinajstić information content (AvgIpc) is 3.41. The molecule has 0 radical (unpaired) electrons. The van der Waals surface area contributed by atoms with E-state index in [0.29, 0.717) is 17.5 Å². The van der Waals surface area contributed by atoms with E-state index in [0.717, 1.165) is 72.2 Å². The molecule has 0 N–H and O–H groups in total. The third-order valence-corrected chi connectivity index (χ3v) is 12.6. The van der Waals surface area contributed by atoms with Gasteiger partial charge in [0.2, 0.25) is 0 Å². The van der Waals surface area contributed by atoms with E-state index < -0.39 is 0 Å². The molecule has 10 aromatic carbocycles. The van der Waals surface area contributed by atoms with Crippen molar-refractivity contribution in [3.63, 3.8) is 0 Å². The number of fused-ring (bicyclic) bond motifs is 5.